The van der Waals surface area contributed by atoms with Gasteiger partial charge < -0.3 is 10.0 Å². The Balaban J connectivity index is 1.82. The Labute approximate surface area is 151 Å². The van der Waals surface area contributed by atoms with Crippen molar-refractivity contribution in [3.8, 4) is 0 Å². The Kier molecular flexibility index (Phi) is 4.09. The lowest BCUT2D eigenvalue weighted by Gasteiger charge is -2.21. The van der Waals surface area contributed by atoms with Crippen molar-refractivity contribution in [2.75, 3.05) is 18.0 Å². The Bertz CT molecular complexity index is 880. The number of aryl methyl sites for hydroxylation is 3. The normalized spacial score (nSPS) is 23.5. The molecule has 4 rings (SSSR count). The van der Waals surface area contributed by atoms with Gasteiger partial charge in [0.1, 0.15) is 16.5 Å². The minimum atomic E-state index is -4.55. The molecule has 1 N–H and O–H groups in total. The van der Waals surface area contributed by atoms with E-state index < -0.39 is 24.0 Å². The smallest absolute Gasteiger partial charge is 0.394 e. The van der Waals surface area contributed by atoms with E-state index in [0.717, 1.165) is 41.5 Å². The number of carbonyl (C=O) groups is 1. The number of alkyl halides is 3. The molecule has 9 heteroatoms. The zero-order valence-corrected chi connectivity index (χ0v) is 15.0. The predicted octanol–water partition coefficient (Wildman–Crippen LogP) is 3.58. The molecule has 1 saturated heterocycles. The molecule has 5 nitrogen and oxygen atoms in total. The van der Waals surface area contributed by atoms with Crippen LogP contribution in [-0.4, -0.2) is 40.3 Å². The van der Waals surface area contributed by atoms with Gasteiger partial charge in [-0.25, -0.2) is 9.97 Å². The molecular formula is C17H18F3N3O2S. The fourth-order valence-electron chi connectivity index (χ4n) is 4.03. The van der Waals surface area contributed by atoms with Gasteiger partial charge in [0, 0.05) is 18.0 Å². The topological polar surface area (TPSA) is 66.3 Å². The molecule has 0 unspecified atom stereocenters. The van der Waals surface area contributed by atoms with Gasteiger partial charge >= 0.3 is 12.1 Å². The average molecular weight is 385 g/mol. The molecule has 0 amide bonds. The van der Waals surface area contributed by atoms with Gasteiger partial charge in [-0.3, -0.25) is 4.79 Å². The van der Waals surface area contributed by atoms with E-state index in [2.05, 4.69) is 9.97 Å². The third kappa shape index (κ3) is 2.82. The number of anilines is 1. The zero-order chi connectivity index (χ0) is 18.6. The molecule has 2 aromatic rings. The fraction of sp³-hybridized carbons (Fsp3) is 0.588. The zero-order valence-electron chi connectivity index (χ0n) is 14.1. The lowest BCUT2D eigenvalue weighted by atomic mass is 9.96. The summed E-state index contributed by atoms with van der Waals surface area (Å²) in [6, 6.07) is 0. The van der Waals surface area contributed by atoms with Gasteiger partial charge in [-0.1, -0.05) is 0 Å². The second kappa shape index (κ2) is 6.07. The van der Waals surface area contributed by atoms with Gasteiger partial charge in [0.25, 0.3) is 0 Å². The Morgan fingerprint density at radius 1 is 1.23 bits per heavy atom. The van der Waals surface area contributed by atoms with Crippen molar-refractivity contribution < 1.29 is 23.1 Å². The standard InChI is InChI=1S/C17H18F3N3O2S/c1-8-21-14(13-9-4-2-3-5-12(9)26-15(13)22-8)23-6-10(16(24)25)11(7-23)17(18,19)20/h10-11H,2-7H2,1H3,(H,24,25)/t10-,11-/m1/s1. The maximum atomic E-state index is 13.3. The second-order valence-electron chi connectivity index (χ2n) is 6.98. The molecule has 0 saturated carbocycles. The number of fused-ring (bicyclic) bond motifs is 3. The van der Waals surface area contributed by atoms with Crippen molar-refractivity contribution in [2.45, 2.75) is 38.8 Å². The van der Waals surface area contributed by atoms with Crippen molar-refractivity contribution in [3.05, 3.63) is 16.3 Å². The van der Waals surface area contributed by atoms with Crippen molar-refractivity contribution in [3.63, 3.8) is 0 Å². The largest absolute Gasteiger partial charge is 0.481 e. The SMILES string of the molecule is Cc1nc(N2C[C@@H](C(F)(F)F)[C@H](C(=O)O)C2)c2c3c(sc2n1)CCCC3. The number of halogens is 3. The van der Waals surface area contributed by atoms with Crippen molar-refractivity contribution >= 4 is 33.3 Å². The van der Waals surface area contributed by atoms with Gasteiger partial charge in [0.05, 0.1) is 17.2 Å². The van der Waals surface area contributed by atoms with Crippen LogP contribution >= 0.6 is 11.3 Å². The van der Waals surface area contributed by atoms with Crippen molar-refractivity contribution in [1.82, 2.24) is 9.97 Å². The minimum Gasteiger partial charge on any atom is -0.481 e. The third-order valence-electron chi connectivity index (χ3n) is 5.26. The molecule has 140 valence electrons. The van der Waals surface area contributed by atoms with Crippen LogP contribution < -0.4 is 4.90 Å². The van der Waals surface area contributed by atoms with Crippen LogP contribution in [0.1, 0.15) is 29.1 Å². The van der Waals surface area contributed by atoms with Crippen LogP contribution in [0.2, 0.25) is 0 Å². The van der Waals surface area contributed by atoms with Crippen LogP contribution in [0.4, 0.5) is 19.0 Å². The van der Waals surface area contributed by atoms with Gasteiger partial charge in [0.2, 0.25) is 0 Å². The van der Waals surface area contributed by atoms with Crippen LogP contribution in [0, 0.1) is 18.8 Å². The molecule has 3 heterocycles. The predicted molar refractivity (Wildman–Crippen MR) is 91.7 cm³/mol. The molecule has 0 bridgehead atoms. The van der Waals surface area contributed by atoms with Gasteiger partial charge in [-0.05, 0) is 38.2 Å². The van der Waals surface area contributed by atoms with Crippen LogP contribution in [-0.2, 0) is 17.6 Å². The second-order valence-corrected chi connectivity index (χ2v) is 8.07. The lowest BCUT2D eigenvalue weighted by Crippen LogP contribution is -2.33. The summed E-state index contributed by atoms with van der Waals surface area (Å²) in [6.07, 6.45) is -0.587. The number of nitrogens with zero attached hydrogens (tertiary/aromatic N) is 3. The molecule has 2 atom stereocenters. The highest BCUT2D eigenvalue weighted by atomic mass is 32.1. The summed E-state index contributed by atoms with van der Waals surface area (Å²) in [4.78, 5) is 23.8. The summed E-state index contributed by atoms with van der Waals surface area (Å²) in [5.41, 5.74) is 1.13. The maximum absolute atomic E-state index is 13.3. The number of aromatic nitrogens is 2. The molecule has 0 spiro atoms. The molecule has 1 aliphatic heterocycles. The van der Waals surface area contributed by atoms with E-state index in [9.17, 15) is 23.1 Å². The van der Waals surface area contributed by atoms with E-state index in [1.807, 2.05) is 0 Å². The maximum Gasteiger partial charge on any atom is 0.394 e. The van der Waals surface area contributed by atoms with Crippen LogP contribution in [0.5, 0.6) is 0 Å². The van der Waals surface area contributed by atoms with Crippen molar-refractivity contribution in [2.24, 2.45) is 11.8 Å². The first kappa shape index (κ1) is 17.5. The van der Waals surface area contributed by atoms with E-state index >= 15 is 0 Å². The average Bonchev–Trinajstić information content (AvgIpc) is 3.15. The molecule has 2 aromatic heterocycles. The van der Waals surface area contributed by atoms with E-state index in [0.29, 0.717) is 11.6 Å². The van der Waals surface area contributed by atoms with Gasteiger partial charge in [-0.2, -0.15) is 13.2 Å². The van der Waals surface area contributed by atoms with E-state index in [1.54, 1.807) is 18.3 Å². The van der Waals surface area contributed by atoms with Crippen LogP contribution in [0.25, 0.3) is 10.2 Å². The number of rotatable bonds is 2. The summed E-state index contributed by atoms with van der Waals surface area (Å²) in [6.45, 7) is 1.15. The highest BCUT2D eigenvalue weighted by Gasteiger charge is 2.53. The summed E-state index contributed by atoms with van der Waals surface area (Å²) >= 11 is 1.58. The molecule has 0 radical (unpaired) electrons. The number of carboxylic acid groups (broad SMARTS) is 1. The quantitative estimate of drug-likeness (QED) is 0.856. The monoisotopic (exact) mass is 385 g/mol. The Morgan fingerprint density at radius 2 is 1.96 bits per heavy atom. The van der Waals surface area contributed by atoms with Crippen molar-refractivity contribution in [1.29, 1.82) is 0 Å². The number of hydrogen-bond acceptors (Lipinski definition) is 5. The summed E-state index contributed by atoms with van der Waals surface area (Å²) < 4.78 is 40.0. The summed E-state index contributed by atoms with van der Waals surface area (Å²) in [5.74, 6) is -3.82. The highest BCUT2D eigenvalue weighted by Crippen LogP contribution is 2.44. The number of thiophene rings is 1. The summed E-state index contributed by atoms with van der Waals surface area (Å²) in [5, 5.41) is 10.1. The number of aliphatic carboxylic acids is 1. The fourth-order valence-corrected chi connectivity index (χ4v) is 5.33. The van der Waals surface area contributed by atoms with E-state index in [1.165, 1.54) is 9.78 Å². The van der Waals surface area contributed by atoms with E-state index in [-0.39, 0.29) is 13.1 Å². The number of hydrogen-bond donors (Lipinski definition) is 1. The Hall–Kier alpha value is -1.90. The first-order valence-corrected chi connectivity index (χ1v) is 9.40. The molecule has 1 aliphatic carbocycles. The molecule has 26 heavy (non-hydrogen) atoms. The van der Waals surface area contributed by atoms with Crippen LogP contribution in [0.15, 0.2) is 0 Å². The van der Waals surface area contributed by atoms with Gasteiger partial charge in [0.15, 0.2) is 0 Å². The minimum absolute atomic E-state index is 0.185. The number of carboxylic acids is 1. The summed E-state index contributed by atoms with van der Waals surface area (Å²) in [7, 11) is 0. The molecule has 0 aromatic carbocycles. The third-order valence-corrected chi connectivity index (χ3v) is 6.45. The molecular weight excluding hydrogens is 367 g/mol. The van der Waals surface area contributed by atoms with Gasteiger partial charge in [-0.15, -0.1) is 11.3 Å². The first-order valence-electron chi connectivity index (χ1n) is 8.59. The first-order chi connectivity index (χ1) is 12.3. The lowest BCUT2D eigenvalue weighted by molar-refractivity contribution is -0.187. The highest BCUT2D eigenvalue weighted by molar-refractivity contribution is 7.19. The van der Waals surface area contributed by atoms with Crippen LogP contribution in [0.3, 0.4) is 0 Å². The Morgan fingerprint density at radius 3 is 2.62 bits per heavy atom. The van der Waals surface area contributed by atoms with E-state index in [4.69, 9.17) is 0 Å². The molecule has 1 fully saturated rings. The molecule has 2 aliphatic rings.